The molecule has 0 radical (unpaired) electrons. The van der Waals surface area contributed by atoms with Crippen LogP contribution >= 0.6 is 0 Å². The minimum Gasteiger partial charge on any atom is -0.412 e. The fourth-order valence-corrected chi connectivity index (χ4v) is 1.08. The summed E-state index contributed by atoms with van der Waals surface area (Å²) >= 11 is 0. The molecule has 5 atom stereocenters. The molecule has 1 rings (SSSR count). The Bertz CT molecular complexity index is 147. The summed E-state index contributed by atoms with van der Waals surface area (Å²) in [6.07, 6.45) is -7.04. The Morgan fingerprint density at radius 3 is 1.92 bits per heavy atom. The molecule has 0 aromatic carbocycles. The summed E-state index contributed by atoms with van der Waals surface area (Å²) in [5.74, 6) is 0. The number of ether oxygens (including phenoxy) is 1. The van der Waals surface area contributed by atoms with Crippen molar-refractivity contribution < 1.29 is 35.7 Å². The van der Waals surface area contributed by atoms with Gasteiger partial charge in [-0.2, -0.15) is 0 Å². The van der Waals surface area contributed by atoms with Crippen molar-refractivity contribution in [3.8, 4) is 0 Å². The van der Waals surface area contributed by atoms with Crippen LogP contribution in [-0.2, 0) is 4.74 Å². The molecule has 13 heavy (non-hydrogen) atoms. The Morgan fingerprint density at radius 1 is 0.923 bits per heavy atom. The summed E-state index contributed by atoms with van der Waals surface area (Å²) < 4.78 is 4.58. The molecule has 1 aliphatic heterocycles. The van der Waals surface area contributed by atoms with Gasteiger partial charge in [0.1, 0.15) is 24.4 Å². The molecule has 0 aliphatic carbocycles. The molecule has 80 valence electrons. The van der Waals surface area contributed by atoms with Gasteiger partial charge in [0.2, 0.25) is 0 Å². The number of aliphatic hydroxyl groups is 5. The lowest BCUT2D eigenvalue weighted by Gasteiger charge is -2.37. The average Bonchev–Trinajstić information content (AvgIpc) is 2.08. The quantitative estimate of drug-likeness (QED) is 0.290. The molecule has 7 N–H and O–H groups in total. The molecule has 0 aromatic rings. The van der Waals surface area contributed by atoms with Crippen molar-refractivity contribution in [1.82, 2.24) is 0 Å². The zero-order valence-corrected chi connectivity index (χ0v) is 6.74. The highest BCUT2D eigenvalue weighted by Crippen LogP contribution is 2.18. The van der Waals surface area contributed by atoms with E-state index >= 15 is 0 Å². The topological polar surface area (TPSA) is 142 Å². The second-order valence-electron chi connectivity index (χ2n) is 2.72. The summed E-state index contributed by atoms with van der Waals surface area (Å²) in [6.45, 7) is -0.526. The van der Waals surface area contributed by atoms with Gasteiger partial charge in [0.15, 0.2) is 6.29 Å². The Balaban J connectivity index is 0.00000144. The Hall–Kier alpha value is -0.280. The second-order valence-corrected chi connectivity index (χ2v) is 2.72. The molecule has 1 heterocycles. The van der Waals surface area contributed by atoms with Gasteiger partial charge < -0.3 is 35.7 Å². The SMILES string of the molecule is O.OC[C@@H]1O[C@@H](O)[C@@H](O)[C@H](O)[C@H]1O. The molecule has 1 saturated heterocycles. The smallest absolute Gasteiger partial charge is 0.184 e. The van der Waals surface area contributed by atoms with Crippen LogP contribution in [0.4, 0.5) is 0 Å². The van der Waals surface area contributed by atoms with Crippen LogP contribution in [0.3, 0.4) is 0 Å². The van der Waals surface area contributed by atoms with Crippen LogP contribution in [0.1, 0.15) is 0 Å². The zero-order valence-electron chi connectivity index (χ0n) is 6.74. The summed E-state index contributed by atoms with van der Waals surface area (Å²) in [4.78, 5) is 0. The fraction of sp³-hybridized carbons (Fsp3) is 1.00. The van der Waals surface area contributed by atoms with Gasteiger partial charge in [0.05, 0.1) is 6.61 Å². The van der Waals surface area contributed by atoms with Crippen LogP contribution in [0.2, 0.25) is 0 Å². The lowest BCUT2D eigenvalue weighted by atomic mass is 10.00. The van der Waals surface area contributed by atoms with Crippen LogP contribution in [0.15, 0.2) is 0 Å². The van der Waals surface area contributed by atoms with Gasteiger partial charge >= 0.3 is 0 Å². The van der Waals surface area contributed by atoms with E-state index in [2.05, 4.69) is 4.74 Å². The Kier molecular flexibility index (Phi) is 4.71. The number of aliphatic hydroxyl groups excluding tert-OH is 5. The molecule has 0 unspecified atom stereocenters. The fourth-order valence-electron chi connectivity index (χ4n) is 1.08. The maximum Gasteiger partial charge on any atom is 0.184 e. The van der Waals surface area contributed by atoms with E-state index in [0.717, 1.165) is 0 Å². The van der Waals surface area contributed by atoms with E-state index in [4.69, 9.17) is 25.5 Å². The minimum absolute atomic E-state index is 0. The highest BCUT2D eigenvalue weighted by molar-refractivity contribution is 4.87. The Labute approximate surface area is 74.1 Å². The first-order valence-corrected chi connectivity index (χ1v) is 3.56. The van der Waals surface area contributed by atoms with Gasteiger partial charge in [-0.25, -0.2) is 0 Å². The van der Waals surface area contributed by atoms with E-state index in [1.165, 1.54) is 0 Å². The predicted molar refractivity (Wildman–Crippen MR) is 39.6 cm³/mol. The van der Waals surface area contributed by atoms with Crippen molar-refractivity contribution in [3.05, 3.63) is 0 Å². The number of hydrogen-bond acceptors (Lipinski definition) is 6. The molecule has 1 fully saturated rings. The monoisotopic (exact) mass is 198 g/mol. The molecule has 0 aromatic heterocycles. The van der Waals surface area contributed by atoms with Crippen molar-refractivity contribution in [2.75, 3.05) is 6.61 Å². The van der Waals surface area contributed by atoms with Crippen LogP contribution in [0, 0.1) is 0 Å². The standard InChI is InChI=1S/C6H12O6.H2O/c7-1-2-3(8)4(9)5(10)6(11)12-2;/h2-11H,1H2;1H2/t2-,3-,4+,5-,6+;/m0./s1. The normalized spacial score (nSPS) is 45.5. The summed E-state index contributed by atoms with van der Waals surface area (Å²) in [5.41, 5.74) is 0. The molecular weight excluding hydrogens is 184 g/mol. The van der Waals surface area contributed by atoms with Gasteiger partial charge in [0, 0.05) is 0 Å². The second kappa shape index (κ2) is 4.82. The van der Waals surface area contributed by atoms with Crippen molar-refractivity contribution in [3.63, 3.8) is 0 Å². The van der Waals surface area contributed by atoms with Gasteiger partial charge in [-0.1, -0.05) is 0 Å². The summed E-state index contributed by atoms with van der Waals surface area (Å²) in [7, 11) is 0. The highest BCUT2D eigenvalue weighted by Gasteiger charge is 2.42. The van der Waals surface area contributed by atoms with E-state index in [9.17, 15) is 0 Å². The molecule has 0 saturated carbocycles. The molecular formula is C6H14O7. The van der Waals surface area contributed by atoms with E-state index < -0.39 is 37.3 Å². The average molecular weight is 198 g/mol. The van der Waals surface area contributed by atoms with Crippen LogP contribution < -0.4 is 0 Å². The van der Waals surface area contributed by atoms with Crippen molar-refractivity contribution in [2.45, 2.75) is 30.7 Å². The third kappa shape index (κ3) is 2.35. The molecule has 0 amide bonds. The molecule has 0 spiro atoms. The van der Waals surface area contributed by atoms with Crippen molar-refractivity contribution >= 4 is 0 Å². The lowest BCUT2D eigenvalue weighted by Crippen LogP contribution is -2.58. The first-order chi connectivity index (χ1) is 5.57. The predicted octanol–water partition coefficient (Wildman–Crippen LogP) is -4.05. The first-order valence-electron chi connectivity index (χ1n) is 3.56. The van der Waals surface area contributed by atoms with Gasteiger partial charge in [-0.05, 0) is 0 Å². The summed E-state index contributed by atoms with van der Waals surface area (Å²) in [6, 6.07) is 0. The van der Waals surface area contributed by atoms with E-state index in [1.807, 2.05) is 0 Å². The molecule has 7 heteroatoms. The third-order valence-corrected chi connectivity index (χ3v) is 1.87. The van der Waals surface area contributed by atoms with Gasteiger partial charge in [-0.3, -0.25) is 0 Å². The first kappa shape index (κ1) is 12.7. The number of hydrogen-bond donors (Lipinski definition) is 5. The van der Waals surface area contributed by atoms with Crippen LogP contribution in [0.5, 0.6) is 0 Å². The zero-order chi connectivity index (χ0) is 9.30. The Morgan fingerprint density at radius 2 is 1.46 bits per heavy atom. The number of rotatable bonds is 1. The van der Waals surface area contributed by atoms with Crippen LogP contribution in [0.25, 0.3) is 0 Å². The lowest BCUT2D eigenvalue weighted by molar-refractivity contribution is -0.286. The molecule has 1 aliphatic rings. The molecule has 0 bridgehead atoms. The maximum absolute atomic E-state index is 9.12. The van der Waals surface area contributed by atoms with E-state index in [1.54, 1.807) is 0 Å². The summed E-state index contributed by atoms with van der Waals surface area (Å²) in [5, 5.41) is 44.7. The van der Waals surface area contributed by atoms with Gasteiger partial charge in [-0.15, -0.1) is 0 Å². The molecule has 7 nitrogen and oxygen atoms in total. The highest BCUT2D eigenvalue weighted by atomic mass is 16.6. The van der Waals surface area contributed by atoms with E-state index in [0.29, 0.717) is 0 Å². The van der Waals surface area contributed by atoms with Crippen molar-refractivity contribution in [2.24, 2.45) is 0 Å². The minimum atomic E-state index is -1.57. The third-order valence-electron chi connectivity index (χ3n) is 1.87. The van der Waals surface area contributed by atoms with E-state index in [-0.39, 0.29) is 5.48 Å². The van der Waals surface area contributed by atoms with Gasteiger partial charge in [0.25, 0.3) is 0 Å². The van der Waals surface area contributed by atoms with Crippen LogP contribution in [-0.4, -0.2) is 68.3 Å². The van der Waals surface area contributed by atoms with Crippen molar-refractivity contribution in [1.29, 1.82) is 0 Å². The largest absolute Gasteiger partial charge is 0.412 e. The maximum atomic E-state index is 9.12.